The van der Waals surface area contributed by atoms with Gasteiger partial charge in [-0.05, 0) is 31.2 Å². The molecule has 0 amide bonds. The Bertz CT molecular complexity index is 945. The summed E-state index contributed by atoms with van der Waals surface area (Å²) in [5.41, 5.74) is 2.84. The molecule has 0 spiro atoms. The third-order valence-corrected chi connectivity index (χ3v) is 4.11. The van der Waals surface area contributed by atoms with Crippen LogP contribution in [-0.4, -0.2) is 25.3 Å². The first-order chi connectivity index (χ1) is 11.8. The lowest BCUT2D eigenvalue weighted by Crippen LogP contribution is -1.84. The third-order valence-electron chi connectivity index (χ3n) is 3.29. The molecule has 0 saturated heterocycles. The second kappa shape index (κ2) is 6.32. The topological polar surface area (TPSA) is 93.6 Å². The SMILES string of the molecule is Cc1cccc(-c2nc(CSc3nnc(-c4ccc[nH]4)o3)no2)c1. The van der Waals surface area contributed by atoms with Crippen molar-refractivity contribution in [1.29, 1.82) is 0 Å². The largest absolute Gasteiger partial charge is 0.410 e. The van der Waals surface area contributed by atoms with Crippen molar-refractivity contribution in [3.05, 3.63) is 54.0 Å². The lowest BCUT2D eigenvalue weighted by Gasteiger charge is -1.95. The Morgan fingerprint density at radius 3 is 2.92 bits per heavy atom. The first-order valence-corrected chi connectivity index (χ1v) is 8.26. The van der Waals surface area contributed by atoms with Crippen LogP contribution in [0.2, 0.25) is 0 Å². The maximum Gasteiger partial charge on any atom is 0.277 e. The highest BCUT2D eigenvalue weighted by Gasteiger charge is 2.13. The van der Waals surface area contributed by atoms with E-state index in [1.165, 1.54) is 11.8 Å². The molecule has 3 heterocycles. The maximum atomic E-state index is 5.58. The summed E-state index contributed by atoms with van der Waals surface area (Å²) < 4.78 is 10.9. The lowest BCUT2D eigenvalue weighted by molar-refractivity contribution is 0.425. The van der Waals surface area contributed by atoms with Crippen molar-refractivity contribution in [2.45, 2.75) is 17.9 Å². The zero-order chi connectivity index (χ0) is 16.4. The van der Waals surface area contributed by atoms with E-state index < -0.39 is 0 Å². The van der Waals surface area contributed by atoms with Crippen LogP contribution in [-0.2, 0) is 5.75 Å². The summed E-state index contributed by atoms with van der Waals surface area (Å²) >= 11 is 1.36. The molecule has 0 aliphatic heterocycles. The molecule has 4 rings (SSSR count). The Morgan fingerprint density at radius 1 is 1.12 bits per heavy atom. The highest BCUT2D eigenvalue weighted by atomic mass is 32.2. The number of aryl methyl sites for hydroxylation is 1. The molecule has 0 atom stereocenters. The number of hydrogen-bond donors (Lipinski definition) is 1. The Balaban J connectivity index is 1.43. The molecule has 0 unspecified atom stereocenters. The van der Waals surface area contributed by atoms with Gasteiger partial charge in [0.1, 0.15) is 5.69 Å². The van der Waals surface area contributed by atoms with E-state index in [9.17, 15) is 0 Å². The Labute approximate surface area is 141 Å². The molecule has 1 N–H and O–H groups in total. The minimum atomic E-state index is 0.455. The smallest absolute Gasteiger partial charge is 0.277 e. The molecular weight excluding hydrogens is 326 g/mol. The number of H-pyrrole nitrogens is 1. The van der Waals surface area contributed by atoms with Gasteiger partial charge in [-0.25, -0.2) is 0 Å². The Morgan fingerprint density at radius 2 is 2.08 bits per heavy atom. The molecule has 0 radical (unpaired) electrons. The number of rotatable bonds is 5. The summed E-state index contributed by atoms with van der Waals surface area (Å²) in [6.07, 6.45) is 1.80. The highest BCUT2D eigenvalue weighted by molar-refractivity contribution is 7.98. The third kappa shape index (κ3) is 3.09. The van der Waals surface area contributed by atoms with Gasteiger partial charge in [-0.2, -0.15) is 4.98 Å². The average molecular weight is 339 g/mol. The van der Waals surface area contributed by atoms with Gasteiger partial charge in [0.05, 0.1) is 5.75 Å². The van der Waals surface area contributed by atoms with Gasteiger partial charge in [-0.15, -0.1) is 10.2 Å². The zero-order valence-electron chi connectivity index (χ0n) is 12.8. The Kier molecular flexibility index (Phi) is 3.87. The van der Waals surface area contributed by atoms with E-state index in [4.69, 9.17) is 8.94 Å². The van der Waals surface area contributed by atoms with Gasteiger partial charge in [0.15, 0.2) is 5.82 Å². The van der Waals surface area contributed by atoms with E-state index in [-0.39, 0.29) is 0 Å². The van der Waals surface area contributed by atoms with Crippen molar-refractivity contribution in [3.8, 4) is 23.0 Å². The standard InChI is InChI=1S/C16H13N5O2S/c1-10-4-2-5-11(8-10)14-18-13(21-23-14)9-24-16-20-19-15(22-16)12-6-3-7-17-12/h2-8,17H,9H2,1H3. The number of aromatic nitrogens is 5. The molecule has 0 fully saturated rings. The van der Waals surface area contributed by atoms with Crippen LogP contribution >= 0.6 is 11.8 Å². The summed E-state index contributed by atoms with van der Waals surface area (Å²) in [6.45, 7) is 2.02. The minimum Gasteiger partial charge on any atom is -0.410 e. The molecule has 8 heteroatoms. The summed E-state index contributed by atoms with van der Waals surface area (Å²) in [6, 6.07) is 11.7. The van der Waals surface area contributed by atoms with E-state index in [0.29, 0.717) is 28.6 Å². The van der Waals surface area contributed by atoms with Gasteiger partial charge in [-0.3, -0.25) is 0 Å². The lowest BCUT2D eigenvalue weighted by atomic mass is 10.1. The van der Waals surface area contributed by atoms with Crippen LogP contribution in [0, 0.1) is 6.92 Å². The number of nitrogens with one attached hydrogen (secondary N) is 1. The molecular formula is C16H13N5O2S. The number of aromatic amines is 1. The summed E-state index contributed by atoms with van der Waals surface area (Å²) in [4.78, 5) is 7.42. The summed E-state index contributed by atoms with van der Waals surface area (Å²) in [5.74, 6) is 2.03. The second-order valence-corrected chi connectivity index (χ2v) is 6.06. The van der Waals surface area contributed by atoms with E-state index in [0.717, 1.165) is 16.8 Å². The van der Waals surface area contributed by atoms with Crippen molar-refractivity contribution < 1.29 is 8.94 Å². The average Bonchev–Trinajstić information content (AvgIpc) is 3.33. The van der Waals surface area contributed by atoms with Crippen LogP contribution in [0.4, 0.5) is 0 Å². The van der Waals surface area contributed by atoms with Gasteiger partial charge >= 0.3 is 0 Å². The second-order valence-electron chi connectivity index (χ2n) is 5.13. The van der Waals surface area contributed by atoms with Crippen molar-refractivity contribution in [2.75, 3.05) is 0 Å². The van der Waals surface area contributed by atoms with Crippen LogP contribution in [0.5, 0.6) is 0 Å². The fourth-order valence-corrected chi connectivity index (χ4v) is 2.78. The molecule has 1 aromatic carbocycles. The van der Waals surface area contributed by atoms with E-state index in [2.05, 4.69) is 25.3 Å². The molecule has 120 valence electrons. The fourth-order valence-electron chi connectivity index (χ4n) is 2.17. The van der Waals surface area contributed by atoms with Gasteiger partial charge in [0, 0.05) is 11.8 Å². The zero-order valence-corrected chi connectivity index (χ0v) is 13.6. The predicted molar refractivity (Wildman–Crippen MR) is 88.1 cm³/mol. The van der Waals surface area contributed by atoms with Crippen LogP contribution in [0.3, 0.4) is 0 Å². The monoisotopic (exact) mass is 339 g/mol. The molecule has 7 nitrogen and oxygen atoms in total. The van der Waals surface area contributed by atoms with Crippen molar-refractivity contribution in [1.82, 2.24) is 25.3 Å². The molecule has 24 heavy (non-hydrogen) atoms. The number of benzene rings is 1. The highest BCUT2D eigenvalue weighted by Crippen LogP contribution is 2.25. The van der Waals surface area contributed by atoms with Gasteiger partial charge in [0.2, 0.25) is 0 Å². The molecule has 0 bridgehead atoms. The van der Waals surface area contributed by atoms with E-state index >= 15 is 0 Å². The molecule has 0 aliphatic rings. The van der Waals surface area contributed by atoms with Crippen molar-refractivity contribution in [3.63, 3.8) is 0 Å². The van der Waals surface area contributed by atoms with Crippen LogP contribution < -0.4 is 0 Å². The normalized spacial score (nSPS) is 11.0. The molecule has 0 aliphatic carbocycles. The van der Waals surface area contributed by atoms with Crippen molar-refractivity contribution >= 4 is 11.8 Å². The predicted octanol–water partition coefficient (Wildman–Crippen LogP) is 3.72. The summed E-state index contributed by atoms with van der Waals surface area (Å²) in [7, 11) is 0. The van der Waals surface area contributed by atoms with Gasteiger partial charge in [-0.1, -0.05) is 34.6 Å². The number of thioether (sulfide) groups is 1. The quantitative estimate of drug-likeness (QED) is 0.554. The van der Waals surface area contributed by atoms with Gasteiger partial charge in [0.25, 0.3) is 17.0 Å². The molecule has 4 aromatic rings. The first-order valence-electron chi connectivity index (χ1n) is 7.27. The fraction of sp³-hybridized carbons (Fsp3) is 0.125. The van der Waals surface area contributed by atoms with E-state index in [1.54, 1.807) is 6.20 Å². The number of hydrogen-bond acceptors (Lipinski definition) is 7. The minimum absolute atomic E-state index is 0.455. The van der Waals surface area contributed by atoms with E-state index in [1.807, 2.05) is 43.3 Å². The molecule has 0 saturated carbocycles. The van der Waals surface area contributed by atoms with Crippen molar-refractivity contribution in [2.24, 2.45) is 0 Å². The van der Waals surface area contributed by atoms with Gasteiger partial charge < -0.3 is 13.9 Å². The van der Waals surface area contributed by atoms with Crippen LogP contribution in [0.25, 0.3) is 23.0 Å². The van der Waals surface area contributed by atoms with Crippen LogP contribution in [0.15, 0.2) is 56.8 Å². The van der Waals surface area contributed by atoms with Crippen LogP contribution in [0.1, 0.15) is 11.4 Å². The Hall–Kier alpha value is -2.87. The summed E-state index contributed by atoms with van der Waals surface area (Å²) in [5, 5.41) is 12.5. The number of nitrogens with zero attached hydrogens (tertiary/aromatic N) is 4. The maximum absolute atomic E-state index is 5.58. The first kappa shape index (κ1) is 14.7. The molecule has 3 aromatic heterocycles.